The lowest BCUT2D eigenvalue weighted by atomic mass is 10.2. The van der Waals surface area contributed by atoms with Crippen LogP contribution in [0.5, 0.6) is 0 Å². The smallest absolute Gasteiger partial charge is 0.407 e. The molecule has 25 heavy (non-hydrogen) atoms. The Kier molecular flexibility index (Phi) is 8.41. The van der Waals surface area contributed by atoms with Gasteiger partial charge in [-0.2, -0.15) is 4.98 Å². The van der Waals surface area contributed by atoms with Crippen molar-refractivity contribution in [3.05, 3.63) is 17.0 Å². The number of aliphatic hydroxyl groups excluding tert-OH is 1. The van der Waals surface area contributed by atoms with E-state index in [1.54, 1.807) is 27.7 Å². The molecule has 1 rings (SSSR count). The number of ether oxygens (including phenoxy) is 2. The number of carbonyl (C=O) groups is 1. The van der Waals surface area contributed by atoms with Crippen LogP contribution in [0.4, 0.5) is 10.6 Å². The van der Waals surface area contributed by atoms with Crippen molar-refractivity contribution in [3.63, 3.8) is 0 Å². The van der Waals surface area contributed by atoms with Gasteiger partial charge in [0.1, 0.15) is 11.4 Å². The first-order chi connectivity index (χ1) is 11.7. The zero-order valence-corrected chi connectivity index (χ0v) is 15.5. The quantitative estimate of drug-likeness (QED) is 0.303. The van der Waals surface area contributed by atoms with Gasteiger partial charge in [-0.15, -0.1) is 0 Å². The molecule has 1 amide bonds. The van der Waals surface area contributed by atoms with Gasteiger partial charge in [0.25, 0.3) is 0 Å². The molecule has 0 bridgehead atoms. The van der Waals surface area contributed by atoms with Gasteiger partial charge in [0.05, 0.1) is 5.56 Å². The van der Waals surface area contributed by atoms with Gasteiger partial charge in [0, 0.05) is 25.9 Å². The van der Waals surface area contributed by atoms with Gasteiger partial charge in [-0.3, -0.25) is 0 Å². The zero-order chi connectivity index (χ0) is 18.9. The molecule has 1 heterocycles. The number of rotatable bonds is 6. The van der Waals surface area contributed by atoms with Crippen LogP contribution in [0.3, 0.4) is 0 Å². The van der Waals surface area contributed by atoms with Crippen LogP contribution in [0.15, 0.2) is 6.20 Å². The summed E-state index contributed by atoms with van der Waals surface area (Å²) in [5.74, 6) is 5.64. The minimum absolute atomic E-state index is 0.0542. The largest absolute Gasteiger partial charge is 0.444 e. The van der Waals surface area contributed by atoms with E-state index in [1.807, 2.05) is 0 Å². The van der Waals surface area contributed by atoms with E-state index in [2.05, 4.69) is 32.4 Å². The fourth-order valence-electron chi connectivity index (χ4n) is 1.59. The maximum absolute atomic E-state index is 11.6. The van der Waals surface area contributed by atoms with E-state index in [0.717, 1.165) is 0 Å². The summed E-state index contributed by atoms with van der Waals surface area (Å²) >= 11 is 5.79. The molecule has 8 nitrogen and oxygen atoms in total. The Morgan fingerprint density at radius 3 is 2.80 bits per heavy atom. The van der Waals surface area contributed by atoms with E-state index < -0.39 is 18.0 Å². The highest BCUT2D eigenvalue weighted by Crippen LogP contribution is 2.12. The number of aliphatic hydroxyl groups is 1. The van der Waals surface area contributed by atoms with Crippen molar-refractivity contribution >= 4 is 23.5 Å². The lowest BCUT2D eigenvalue weighted by Crippen LogP contribution is -2.35. The second-order valence-electron chi connectivity index (χ2n) is 5.83. The molecule has 1 unspecified atom stereocenters. The predicted molar refractivity (Wildman–Crippen MR) is 94.3 cm³/mol. The minimum atomic E-state index is -1.19. The number of aromatic nitrogens is 2. The summed E-state index contributed by atoms with van der Waals surface area (Å²) in [6, 6.07) is 0. The predicted octanol–water partition coefficient (Wildman–Crippen LogP) is 1.77. The minimum Gasteiger partial charge on any atom is -0.444 e. The number of hydrogen-bond donors (Lipinski definition) is 3. The molecule has 9 heteroatoms. The molecule has 0 aliphatic rings. The van der Waals surface area contributed by atoms with E-state index in [4.69, 9.17) is 21.1 Å². The molecule has 1 aromatic heterocycles. The first-order valence-electron chi connectivity index (χ1n) is 7.75. The zero-order valence-electron chi connectivity index (χ0n) is 14.7. The number of nitrogens with one attached hydrogen (secondary N) is 2. The van der Waals surface area contributed by atoms with E-state index in [1.165, 1.54) is 6.20 Å². The molecular formula is C16H23ClN4O4. The molecule has 0 saturated carbocycles. The molecule has 1 aromatic rings. The lowest BCUT2D eigenvalue weighted by Gasteiger charge is -2.19. The molecule has 0 fully saturated rings. The second kappa shape index (κ2) is 10.0. The highest BCUT2D eigenvalue weighted by Gasteiger charge is 2.15. The molecule has 0 radical (unpaired) electrons. The van der Waals surface area contributed by atoms with Crippen LogP contribution in [0.1, 0.15) is 33.3 Å². The van der Waals surface area contributed by atoms with Crippen LogP contribution in [0, 0.1) is 11.8 Å². The molecule has 1 atom stereocenters. The maximum atomic E-state index is 11.6. The van der Waals surface area contributed by atoms with Gasteiger partial charge < -0.3 is 25.2 Å². The van der Waals surface area contributed by atoms with Crippen LogP contribution in [-0.4, -0.2) is 52.8 Å². The Morgan fingerprint density at radius 2 is 2.16 bits per heavy atom. The SMILES string of the molecule is CCOC(O)C#Cc1cnc(Cl)nc1NCCNC(=O)OC(C)(C)C. The summed E-state index contributed by atoms with van der Waals surface area (Å²) in [5.41, 5.74) is -0.109. The number of nitrogens with zero attached hydrogens (tertiary/aromatic N) is 2. The van der Waals surface area contributed by atoms with Crippen LogP contribution >= 0.6 is 11.6 Å². The molecular weight excluding hydrogens is 348 g/mol. The fourth-order valence-corrected chi connectivity index (χ4v) is 1.72. The number of anilines is 1. The number of amides is 1. The van der Waals surface area contributed by atoms with Gasteiger partial charge >= 0.3 is 6.09 Å². The molecule has 3 N–H and O–H groups in total. The Bertz CT molecular complexity index is 637. The average Bonchev–Trinajstić information content (AvgIpc) is 2.49. The third kappa shape index (κ3) is 9.10. The summed E-state index contributed by atoms with van der Waals surface area (Å²) in [6.07, 6.45) is -0.262. The summed E-state index contributed by atoms with van der Waals surface area (Å²) < 4.78 is 10.1. The van der Waals surface area contributed by atoms with E-state index >= 15 is 0 Å². The standard InChI is InChI=1S/C16H23ClN4O4/c1-5-24-12(22)7-6-11-10-20-14(17)21-13(11)18-8-9-19-15(23)25-16(2,3)4/h10,12,22H,5,8-9H2,1-4H3,(H,19,23)(H,18,20,21). The first kappa shape index (κ1) is 21.0. The van der Waals surface area contributed by atoms with Crippen LogP contribution in [0.25, 0.3) is 0 Å². The fraction of sp³-hybridized carbons (Fsp3) is 0.562. The molecule has 0 spiro atoms. The molecule has 0 aromatic carbocycles. The lowest BCUT2D eigenvalue weighted by molar-refractivity contribution is -0.0515. The normalized spacial score (nSPS) is 11.9. The van der Waals surface area contributed by atoms with Gasteiger partial charge in [0.15, 0.2) is 0 Å². The van der Waals surface area contributed by atoms with Gasteiger partial charge in [-0.25, -0.2) is 9.78 Å². The first-order valence-corrected chi connectivity index (χ1v) is 8.13. The van der Waals surface area contributed by atoms with Crippen molar-refractivity contribution in [1.82, 2.24) is 15.3 Å². The summed E-state index contributed by atoms with van der Waals surface area (Å²) in [4.78, 5) is 19.5. The van der Waals surface area contributed by atoms with Crippen molar-refractivity contribution in [2.45, 2.75) is 39.6 Å². The Labute approximate surface area is 152 Å². The third-order valence-corrected chi connectivity index (χ3v) is 2.68. The number of halogens is 1. The maximum Gasteiger partial charge on any atom is 0.407 e. The highest BCUT2D eigenvalue weighted by molar-refractivity contribution is 6.28. The number of carbonyl (C=O) groups excluding carboxylic acids is 1. The highest BCUT2D eigenvalue weighted by atomic mass is 35.5. The summed E-state index contributed by atoms with van der Waals surface area (Å²) in [6.45, 7) is 8.13. The van der Waals surface area contributed by atoms with Gasteiger partial charge in [-0.05, 0) is 45.2 Å². The third-order valence-electron chi connectivity index (χ3n) is 2.50. The Balaban J connectivity index is 2.60. The van der Waals surface area contributed by atoms with Gasteiger partial charge in [-0.1, -0.05) is 5.92 Å². The van der Waals surface area contributed by atoms with E-state index in [0.29, 0.717) is 31.1 Å². The topological polar surface area (TPSA) is 106 Å². The summed E-state index contributed by atoms with van der Waals surface area (Å²) in [7, 11) is 0. The monoisotopic (exact) mass is 370 g/mol. The van der Waals surface area contributed by atoms with Crippen LogP contribution in [-0.2, 0) is 9.47 Å². The van der Waals surface area contributed by atoms with Crippen molar-refractivity contribution in [2.75, 3.05) is 25.0 Å². The van der Waals surface area contributed by atoms with Crippen molar-refractivity contribution in [3.8, 4) is 11.8 Å². The molecule has 0 aliphatic carbocycles. The molecule has 138 valence electrons. The van der Waals surface area contributed by atoms with Crippen LogP contribution < -0.4 is 10.6 Å². The molecule has 0 aliphatic heterocycles. The van der Waals surface area contributed by atoms with Crippen molar-refractivity contribution in [1.29, 1.82) is 0 Å². The number of alkyl carbamates (subject to hydrolysis) is 1. The van der Waals surface area contributed by atoms with Gasteiger partial charge in [0.2, 0.25) is 11.6 Å². The van der Waals surface area contributed by atoms with Crippen molar-refractivity contribution in [2.24, 2.45) is 0 Å². The number of hydrogen-bond acceptors (Lipinski definition) is 7. The van der Waals surface area contributed by atoms with E-state index in [-0.39, 0.29) is 5.28 Å². The van der Waals surface area contributed by atoms with Crippen LogP contribution in [0.2, 0.25) is 5.28 Å². The van der Waals surface area contributed by atoms with E-state index in [9.17, 15) is 9.90 Å². The van der Waals surface area contributed by atoms with Crippen molar-refractivity contribution < 1.29 is 19.4 Å². The summed E-state index contributed by atoms with van der Waals surface area (Å²) in [5, 5.41) is 15.1. The average molecular weight is 371 g/mol. The Morgan fingerprint density at radius 1 is 1.44 bits per heavy atom. The molecule has 0 saturated heterocycles. The Hall–Kier alpha value is -2.08. The second-order valence-corrected chi connectivity index (χ2v) is 6.17.